The second-order valence-electron chi connectivity index (χ2n) is 8.53. The highest BCUT2D eigenvalue weighted by molar-refractivity contribution is 5.96. The third-order valence-electron chi connectivity index (χ3n) is 4.61. The van der Waals surface area contributed by atoms with Crippen LogP contribution in [0.5, 0.6) is 0 Å². The predicted molar refractivity (Wildman–Crippen MR) is 113 cm³/mol. The number of nitrogens with zero attached hydrogens (tertiary/aromatic N) is 5. The number of nitriles is 1. The molecule has 0 radical (unpaired) electrons. The first-order chi connectivity index (χ1) is 14.3. The van der Waals surface area contributed by atoms with Gasteiger partial charge in [-0.05, 0) is 17.4 Å². The Morgan fingerprint density at radius 3 is 2.67 bits per heavy atom. The van der Waals surface area contributed by atoms with Gasteiger partial charge < -0.3 is 10.2 Å². The molecule has 0 fully saturated rings. The summed E-state index contributed by atoms with van der Waals surface area (Å²) >= 11 is 0. The summed E-state index contributed by atoms with van der Waals surface area (Å²) in [6.45, 7) is 7.14. The number of anilines is 1. The van der Waals surface area contributed by atoms with Crippen LogP contribution in [0, 0.1) is 16.7 Å². The Morgan fingerprint density at radius 2 is 2.00 bits per heavy atom. The van der Waals surface area contributed by atoms with Gasteiger partial charge in [-0.3, -0.25) is 9.69 Å². The van der Waals surface area contributed by atoms with Gasteiger partial charge in [-0.1, -0.05) is 51.1 Å². The Kier molecular flexibility index (Phi) is 6.31. The number of rotatable bonds is 6. The van der Waals surface area contributed by atoms with E-state index in [0.717, 1.165) is 17.5 Å². The Morgan fingerprint density at radius 1 is 1.27 bits per heavy atom. The summed E-state index contributed by atoms with van der Waals surface area (Å²) in [7, 11) is 0. The smallest absolute Gasteiger partial charge is 0.326 e. The van der Waals surface area contributed by atoms with Gasteiger partial charge in [0.1, 0.15) is 18.4 Å². The molecule has 0 saturated carbocycles. The normalized spacial score (nSPS) is 13.6. The van der Waals surface area contributed by atoms with E-state index in [1.54, 1.807) is 11.1 Å². The molecule has 0 bridgehead atoms. The SMILES string of the molecule is CC(C)(C)CN1C(=O)N(CC(=O)NCCc2ccccc2)Cc2cnc(C#N)nc21. The molecule has 3 rings (SSSR count). The van der Waals surface area contributed by atoms with Crippen molar-refractivity contribution in [2.75, 3.05) is 24.5 Å². The van der Waals surface area contributed by atoms with Crippen LogP contribution in [0.15, 0.2) is 36.5 Å². The zero-order valence-corrected chi connectivity index (χ0v) is 17.6. The standard InChI is InChI=1S/C22H26N6O2/c1-22(2,3)15-28-20-17(12-25-18(11-23)26-20)13-27(21(28)30)14-19(29)24-10-9-16-7-5-4-6-8-16/h4-8,12H,9-10,13-15H2,1-3H3,(H,24,29). The first-order valence-electron chi connectivity index (χ1n) is 9.90. The van der Waals surface area contributed by atoms with Gasteiger partial charge in [-0.15, -0.1) is 0 Å². The van der Waals surface area contributed by atoms with Crippen molar-refractivity contribution < 1.29 is 9.59 Å². The summed E-state index contributed by atoms with van der Waals surface area (Å²) in [5.74, 6) is 0.253. The number of amides is 3. The van der Waals surface area contributed by atoms with E-state index >= 15 is 0 Å². The molecule has 3 amide bonds. The van der Waals surface area contributed by atoms with Crippen molar-refractivity contribution in [2.24, 2.45) is 5.41 Å². The molecule has 2 aromatic rings. The fourth-order valence-electron chi connectivity index (χ4n) is 3.29. The van der Waals surface area contributed by atoms with Crippen LogP contribution < -0.4 is 10.2 Å². The van der Waals surface area contributed by atoms with Crippen LogP contribution in [-0.2, 0) is 17.8 Å². The van der Waals surface area contributed by atoms with Crippen molar-refractivity contribution in [3.8, 4) is 6.07 Å². The van der Waals surface area contributed by atoms with Crippen molar-refractivity contribution in [1.82, 2.24) is 20.2 Å². The van der Waals surface area contributed by atoms with Crippen molar-refractivity contribution in [3.63, 3.8) is 0 Å². The molecule has 2 heterocycles. The van der Waals surface area contributed by atoms with E-state index in [9.17, 15) is 9.59 Å². The number of fused-ring (bicyclic) bond motifs is 1. The highest BCUT2D eigenvalue weighted by Crippen LogP contribution is 2.29. The Bertz CT molecular complexity index is 962. The van der Waals surface area contributed by atoms with Gasteiger partial charge >= 0.3 is 6.03 Å². The number of hydrogen-bond acceptors (Lipinski definition) is 5. The molecule has 156 valence electrons. The van der Waals surface area contributed by atoms with Crippen LogP contribution in [0.4, 0.5) is 10.6 Å². The van der Waals surface area contributed by atoms with Crippen LogP contribution in [-0.4, -0.2) is 46.4 Å². The largest absolute Gasteiger partial charge is 0.354 e. The van der Waals surface area contributed by atoms with Gasteiger partial charge in [-0.25, -0.2) is 14.8 Å². The lowest BCUT2D eigenvalue weighted by molar-refractivity contribution is -0.121. The third kappa shape index (κ3) is 5.32. The molecule has 1 aromatic carbocycles. The molecule has 1 N–H and O–H groups in total. The molecule has 0 spiro atoms. The van der Waals surface area contributed by atoms with E-state index in [-0.39, 0.29) is 36.3 Å². The number of urea groups is 1. The summed E-state index contributed by atoms with van der Waals surface area (Å²) in [5.41, 5.74) is 1.67. The molecular formula is C22H26N6O2. The number of hydrogen-bond donors (Lipinski definition) is 1. The molecule has 1 aliphatic rings. The molecule has 1 aromatic heterocycles. The van der Waals surface area contributed by atoms with Gasteiger partial charge in [0, 0.05) is 24.8 Å². The van der Waals surface area contributed by atoms with E-state index in [1.807, 2.05) is 57.2 Å². The minimum absolute atomic E-state index is 0.0209. The van der Waals surface area contributed by atoms with Crippen LogP contribution in [0.2, 0.25) is 0 Å². The van der Waals surface area contributed by atoms with Crippen molar-refractivity contribution in [1.29, 1.82) is 5.26 Å². The first-order valence-corrected chi connectivity index (χ1v) is 9.90. The lowest BCUT2D eigenvalue weighted by Crippen LogP contribution is -2.53. The fourth-order valence-corrected chi connectivity index (χ4v) is 3.29. The second kappa shape index (κ2) is 8.91. The molecule has 0 aliphatic carbocycles. The molecular weight excluding hydrogens is 380 g/mol. The topological polar surface area (TPSA) is 102 Å². The highest BCUT2D eigenvalue weighted by Gasteiger charge is 2.35. The zero-order valence-electron chi connectivity index (χ0n) is 17.6. The Labute approximate surface area is 176 Å². The summed E-state index contributed by atoms with van der Waals surface area (Å²) in [6.07, 6.45) is 2.29. The number of aromatic nitrogens is 2. The lowest BCUT2D eigenvalue weighted by atomic mass is 9.95. The van der Waals surface area contributed by atoms with Gasteiger partial charge in [-0.2, -0.15) is 5.26 Å². The molecule has 8 heteroatoms. The van der Waals surface area contributed by atoms with E-state index in [2.05, 4.69) is 15.3 Å². The summed E-state index contributed by atoms with van der Waals surface area (Å²) in [6, 6.07) is 11.5. The van der Waals surface area contributed by atoms with Crippen LogP contribution in [0.1, 0.15) is 37.7 Å². The monoisotopic (exact) mass is 406 g/mol. The summed E-state index contributed by atoms with van der Waals surface area (Å²) in [5, 5.41) is 12.0. The first kappa shape index (κ1) is 21.2. The quantitative estimate of drug-likeness (QED) is 0.794. The van der Waals surface area contributed by atoms with Crippen LogP contribution in [0.3, 0.4) is 0 Å². The Balaban J connectivity index is 1.69. The van der Waals surface area contributed by atoms with E-state index < -0.39 is 0 Å². The molecule has 0 atom stereocenters. The average molecular weight is 406 g/mol. The van der Waals surface area contributed by atoms with Crippen molar-refractivity contribution in [2.45, 2.75) is 33.7 Å². The number of carbonyl (C=O) groups excluding carboxylic acids is 2. The molecule has 30 heavy (non-hydrogen) atoms. The van der Waals surface area contributed by atoms with E-state index in [1.165, 1.54) is 4.90 Å². The van der Waals surface area contributed by atoms with Gasteiger partial charge in [0.25, 0.3) is 0 Å². The predicted octanol–water partition coefficient (Wildman–Crippen LogP) is 2.50. The molecule has 0 unspecified atom stereocenters. The third-order valence-corrected chi connectivity index (χ3v) is 4.61. The maximum Gasteiger partial charge on any atom is 0.326 e. The number of nitrogens with one attached hydrogen (secondary N) is 1. The summed E-state index contributed by atoms with van der Waals surface area (Å²) in [4.78, 5) is 36.9. The van der Waals surface area contributed by atoms with Gasteiger partial charge in [0.2, 0.25) is 11.7 Å². The number of carbonyl (C=O) groups is 2. The van der Waals surface area contributed by atoms with Crippen molar-refractivity contribution >= 4 is 17.8 Å². The van der Waals surface area contributed by atoms with Gasteiger partial charge in [0.05, 0.1) is 6.54 Å². The van der Waals surface area contributed by atoms with Gasteiger partial charge in [0.15, 0.2) is 0 Å². The average Bonchev–Trinajstić information content (AvgIpc) is 2.71. The molecule has 1 aliphatic heterocycles. The fraction of sp³-hybridized carbons (Fsp3) is 0.409. The number of benzene rings is 1. The Hall–Kier alpha value is -3.47. The van der Waals surface area contributed by atoms with Crippen LogP contribution >= 0.6 is 0 Å². The molecule has 8 nitrogen and oxygen atoms in total. The van der Waals surface area contributed by atoms with E-state index in [0.29, 0.717) is 18.9 Å². The minimum Gasteiger partial charge on any atom is -0.354 e. The minimum atomic E-state index is -0.293. The highest BCUT2D eigenvalue weighted by atomic mass is 16.2. The lowest BCUT2D eigenvalue weighted by Gasteiger charge is -2.38. The van der Waals surface area contributed by atoms with Crippen LogP contribution in [0.25, 0.3) is 0 Å². The maximum absolute atomic E-state index is 13.1. The zero-order chi connectivity index (χ0) is 21.7. The molecule has 0 saturated heterocycles. The summed E-state index contributed by atoms with van der Waals surface area (Å²) < 4.78 is 0. The van der Waals surface area contributed by atoms with Crippen molar-refractivity contribution in [3.05, 3.63) is 53.5 Å². The van der Waals surface area contributed by atoms with E-state index in [4.69, 9.17) is 5.26 Å². The second-order valence-corrected chi connectivity index (χ2v) is 8.53. The maximum atomic E-state index is 13.1.